The van der Waals surface area contributed by atoms with Gasteiger partial charge in [0.1, 0.15) is 24.8 Å². The van der Waals surface area contributed by atoms with Gasteiger partial charge in [-0.05, 0) is 67.8 Å². The Bertz CT molecular complexity index is 1060. The van der Waals surface area contributed by atoms with E-state index in [0.717, 1.165) is 12.2 Å². The van der Waals surface area contributed by atoms with Crippen molar-refractivity contribution in [1.29, 1.82) is 0 Å². The summed E-state index contributed by atoms with van der Waals surface area (Å²) in [5, 5.41) is 0. The van der Waals surface area contributed by atoms with Gasteiger partial charge in [0, 0.05) is 12.2 Å². The monoisotopic (exact) mass is 486 g/mol. The van der Waals surface area contributed by atoms with Crippen molar-refractivity contribution in [1.82, 2.24) is 0 Å². The minimum Gasteiger partial charge on any atom is -0.461 e. The number of benzene rings is 2. The molecular formula is C27H28F2O6. The van der Waals surface area contributed by atoms with Gasteiger partial charge >= 0.3 is 17.9 Å². The van der Waals surface area contributed by atoms with Crippen LogP contribution in [0.15, 0.2) is 60.7 Å². The summed E-state index contributed by atoms with van der Waals surface area (Å²) in [6, 6.07) is 11.0. The third-order valence-electron chi connectivity index (χ3n) is 5.09. The summed E-state index contributed by atoms with van der Waals surface area (Å²) >= 11 is 0. The van der Waals surface area contributed by atoms with E-state index in [1.165, 1.54) is 60.7 Å². The molecule has 2 aromatic rings. The van der Waals surface area contributed by atoms with Crippen LogP contribution in [-0.4, -0.2) is 37.2 Å². The summed E-state index contributed by atoms with van der Waals surface area (Å²) in [4.78, 5) is 36.6. The van der Waals surface area contributed by atoms with Gasteiger partial charge in [-0.1, -0.05) is 31.2 Å². The summed E-state index contributed by atoms with van der Waals surface area (Å²) in [6.07, 6.45) is 4.64. The van der Waals surface area contributed by atoms with Gasteiger partial charge in [-0.25, -0.2) is 18.4 Å². The molecule has 2 aromatic carbocycles. The molecular weight excluding hydrogens is 458 g/mol. The van der Waals surface area contributed by atoms with Crippen molar-refractivity contribution in [3.05, 3.63) is 83.4 Å². The number of hydrogen-bond donors (Lipinski definition) is 0. The lowest BCUT2D eigenvalue weighted by molar-refractivity contribution is -0.167. The Balaban J connectivity index is 1.99. The molecule has 2 rings (SSSR count). The summed E-state index contributed by atoms with van der Waals surface area (Å²) in [7, 11) is 0. The lowest BCUT2D eigenvalue weighted by Gasteiger charge is -2.23. The van der Waals surface area contributed by atoms with Gasteiger partial charge < -0.3 is 14.2 Å². The van der Waals surface area contributed by atoms with Crippen LogP contribution in [0.5, 0.6) is 0 Å². The number of ether oxygens (including phenoxy) is 3. The number of hydrogen-bond acceptors (Lipinski definition) is 6. The number of carbonyl (C=O) groups is 3. The first-order chi connectivity index (χ1) is 16.6. The van der Waals surface area contributed by atoms with Crippen molar-refractivity contribution < 1.29 is 37.4 Å². The number of rotatable bonds is 11. The van der Waals surface area contributed by atoms with E-state index in [-0.39, 0.29) is 13.2 Å². The fraction of sp³-hybridized carbons (Fsp3) is 0.296. The second kappa shape index (κ2) is 13.2. The van der Waals surface area contributed by atoms with Crippen LogP contribution in [0, 0.1) is 17.0 Å². The van der Waals surface area contributed by atoms with Crippen LogP contribution in [0.2, 0.25) is 0 Å². The minimum absolute atomic E-state index is 0.312. The van der Waals surface area contributed by atoms with Crippen molar-refractivity contribution in [3.8, 4) is 0 Å². The Labute approximate surface area is 203 Å². The fourth-order valence-corrected chi connectivity index (χ4v) is 2.53. The Morgan fingerprint density at radius 3 is 1.74 bits per heavy atom. The summed E-state index contributed by atoms with van der Waals surface area (Å²) in [5.41, 5.74) is 0.437. The zero-order chi connectivity index (χ0) is 25.8. The van der Waals surface area contributed by atoms with E-state index in [1.54, 1.807) is 13.8 Å². The molecule has 0 N–H and O–H groups in total. The largest absolute Gasteiger partial charge is 0.461 e. The maximum Gasteiger partial charge on any atom is 0.331 e. The Kier molecular flexibility index (Phi) is 10.3. The van der Waals surface area contributed by atoms with Gasteiger partial charge in [0.15, 0.2) is 6.10 Å². The number of carbonyl (C=O) groups excluding carboxylic acids is 3. The third-order valence-corrected chi connectivity index (χ3v) is 5.09. The molecule has 0 radical (unpaired) electrons. The van der Waals surface area contributed by atoms with Crippen LogP contribution in [0.1, 0.15) is 38.3 Å². The molecule has 186 valence electrons. The van der Waals surface area contributed by atoms with Crippen molar-refractivity contribution in [3.63, 3.8) is 0 Å². The topological polar surface area (TPSA) is 78.9 Å². The third kappa shape index (κ3) is 9.92. The normalized spacial score (nSPS) is 12.5. The molecule has 0 fully saturated rings. The highest BCUT2D eigenvalue weighted by atomic mass is 19.1. The van der Waals surface area contributed by atoms with Crippen LogP contribution >= 0.6 is 0 Å². The summed E-state index contributed by atoms with van der Waals surface area (Å²) < 4.78 is 41.7. The predicted molar refractivity (Wildman–Crippen MR) is 127 cm³/mol. The van der Waals surface area contributed by atoms with Crippen LogP contribution in [0.4, 0.5) is 8.78 Å². The quantitative estimate of drug-likeness (QED) is 0.249. The van der Waals surface area contributed by atoms with Crippen LogP contribution in [0.25, 0.3) is 12.2 Å². The van der Waals surface area contributed by atoms with Crippen molar-refractivity contribution in [2.45, 2.75) is 33.3 Å². The molecule has 0 saturated heterocycles. The van der Waals surface area contributed by atoms with Gasteiger partial charge in [-0.2, -0.15) is 0 Å². The average Bonchev–Trinajstić information content (AvgIpc) is 2.84. The molecule has 8 heteroatoms. The van der Waals surface area contributed by atoms with E-state index < -0.39 is 41.1 Å². The van der Waals surface area contributed by atoms with Gasteiger partial charge in [0.25, 0.3) is 0 Å². The molecule has 1 unspecified atom stereocenters. The Hall–Kier alpha value is -3.81. The summed E-state index contributed by atoms with van der Waals surface area (Å²) in [5.74, 6) is -2.77. The fourth-order valence-electron chi connectivity index (χ4n) is 2.53. The van der Waals surface area contributed by atoms with E-state index in [2.05, 4.69) is 0 Å². The highest BCUT2D eigenvalue weighted by Crippen LogP contribution is 2.21. The molecule has 0 aromatic heterocycles. The van der Waals surface area contributed by atoms with Crippen LogP contribution < -0.4 is 0 Å². The first-order valence-corrected chi connectivity index (χ1v) is 11.0. The van der Waals surface area contributed by atoms with Gasteiger partial charge in [-0.15, -0.1) is 0 Å². The second-order valence-electron chi connectivity index (χ2n) is 8.29. The first-order valence-electron chi connectivity index (χ1n) is 11.0. The molecule has 0 aliphatic heterocycles. The van der Waals surface area contributed by atoms with E-state index in [0.29, 0.717) is 17.5 Å². The number of esters is 3. The smallest absolute Gasteiger partial charge is 0.331 e. The molecule has 1 atom stereocenters. The van der Waals surface area contributed by atoms with Gasteiger partial charge in [0.2, 0.25) is 0 Å². The molecule has 0 aliphatic rings. The Morgan fingerprint density at radius 1 is 0.800 bits per heavy atom. The maximum atomic E-state index is 13.0. The molecule has 35 heavy (non-hydrogen) atoms. The van der Waals surface area contributed by atoms with E-state index in [1.807, 2.05) is 6.92 Å². The molecule has 0 aliphatic carbocycles. The molecule has 0 heterocycles. The zero-order valence-corrected chi connectivity index (χ0v) is 19.8. The van der Waals surface area contributed by atoms with Crippen LogP contribution in [-0.2, 0) is 28.6 Å². The van der Waals surface area contributed by atoms with E-state index in [4.69, 9.17) is 14.2 Å². The molecule has 0 saturated carbocycles. The standard InChI is InChI=1S/C27H28F2O6/c1-4-27(2,3)26(32)34-18-23(35-25(31)16-10-20-7-13-22(29)14-8-20)17-33-24(30)15-9-19-5-11-21(28)12-6-19/h5-16,23H,4,17-18H2,1-3H3/b15-9+,16-10+. The van der Waals surface area contributed by atoms with Crippen molar-refractivity contribution in [2.24, 2.45) is 5.41 Å². The highest BCUT2D eigenvalue weighted by Gasteiger charge is 2.28. The van der Waals surface area contributed by atoms with Crippen molar-refractivity contribution >= 4 is 30.1 Å². The predicted octanol–water partition coefficient (Wildman–Crippen LogP) is 5.13. The maximum absolute atomic E-state index is 13.0. The van der Waals surface area contributed by atoms with E-state index >= 15 is 0 Å². The first kappa shape index (κ1) is 27.4. The SMILES string of the molecule is CCC(C)(C)C(=O)OCC(COC(=O)/C=C/c1ccc(F)cc1)OC(=O)/C=C/c1ccc(F)cc1. The minimum atomic E-state index is -1.06. The Morgan fingerprint density at radius 2 is 1.26 bits per heavy atom. The zero-order valence-electron chi connectivity index (χ0n) is 19.8. The molecule has 0 bridgehead atoms. The van der Waals surface area contributed by atoms with E-state index in [9.17, 15) is 23.2 Å². The summed E-state index contributed by atoms with van der Waals surface area (Å²) in [6.45, 7) is 4.62. The molecule has 6 nitrogen and oxygen atoms in total. The highest BCUT2D eigenvalue weighted by molar-refractivity contribution is 5.88. The van der Waals surface area contributed by atoms with Gasteiger partial charge in [-0.3, -0.25) is 4.79 Å². The lowest BCUT2D eigenvalue weighted by Crippen LogP contribution is -2.33. The molecule has 0 amide bonds. The lowest BCUT2D eigenvalue weighted by atomic mass is 9.91. The second-order valence-corrected chi connectivity index (χ2v) is 8.29. The number of halogens is 2. The van der Waals surface area contributed by atoms with Gasteiger partial charge in [0.05, 0.1) is 5.41 Å². The van der Waals surface area contributed by atoms with Crippen LogP contribution in [0.3, 0.4) is 0 Å². The molecule has 0 spiro atoms. The average molecular weight is 487 g/mol. The van der Waals surface area contributed by atoms with Crippen molar-refractivity contribution in [2.75, 3.05) is 13.2 Å².